The quantitative estimate of drug-likeness (QED) is 0.410. The van der Waals surface area contributed by atoms with Crippen LogP contribution in [-0.2, 0) is 9.59 Å². The van der Waals surface area contributed by atoms with Crippen LogP contribution >= 0.6 is 0 Å². The molecular formula is C12H15N3O3. The van der Waals surface area contributed by atoms with Crippen LogP contribution in [-0.4, -0.2) is 22.6 Å². The number of rotatable bonds is 3. The number of primary amides is 1. The minimum absolute atomic E-state index is 0.0644. The van der Waals surface area contributed by atoms with Crippen molar-refractivity contribution in [2.24, 2.45) is 10.8 Å². The average Bonchev–Trinajstić information content (AvgIpc) is 2.33. The Bertz CT molecular complexity index is 509. The van der Waals surface area contributed by atoms with Gasteiger partial charge in [-0.2, -0.15) is 5.10 Å². The first kappa shape index (κ1) is 13.7. The zero-order chi connectivity index (χ0) is 13.7. The molecule has 0 radical (unpaired) electrons. The van der Waals surface area contributed by atoms with E-state index in [0.717, 1.165) is 5.56 Å². The number of aromatic hydroxyl groups is 1. The van der Waals surface area contributed by atoms with E-state index in [-0.39, 0.29) is 5.75 Å². The fourth-order valence-corrected chi connectivity index (χ4v) is 1.38. The van der Waals surface area contributed by atoms with E-state index in [1.807, 2.05) is 19.3 Å². The summed E-state index contributed by atoms with van der Waals surface area (Å²) < 4.78 is 0. The molecule has 1 rings (SSSR count). The Balaban J connectivity index is 3.02. The van der Waals surface area contributed by atoms with Crippen molar-refractivity contribution >= 4 is 17.5 Å². The van der Waals surface area contributed by atoms with Crippen LogP contribution < -0.4 is 11.2 Å². The van der Waals surface area contributed by atoms with Gasteiger partial charge in [0.25, 0.3) is 0 Å². The molecular weight excluding hydrogens is 234 g/mol. The van der Waals surface area contributed by atoms with E-state index in [1.165, 1.54) is 0 Å². The summed E-state index contributed by atoms with van der Waals surface area (Å²) in [4.78, 5) is 21.5. The summed E-state index contributed by atoms with van der Waals surface area (Å²) in [6.45, 7) is 3.69. The first-order valence-electron chi connectivity index (χ1n) is 5.42. The largest absolute Gasteiger partial charge is 0.507 e. The van der Waals surface area contributed by atoms with Crippen LogP contribution in [0.2, 0.25) is 0 Å². The van der Waals surface area contributed by atoms with Crippen LogP contribution in [0.25, 0.3) is 0 Å². The van der Waals surface area contributed by atoms with Gasteiger partial charge in [-0.05, 0) is 25.5 Å². The fraction of sp³-hybridized carbons (Fsp3) is 0.250. The lowest BCUT2D eigenvalue weighted by molar-refractivity contribution is -0.137. The van der Waals surface area contributed by atoms with Gasteiger partial charge in [-0.3, -0.25) is 9.59 Å². The van der Waals surface area contributed by atoms with Crippen molar-refractivity contribution in [1.82, 2.24) is 5.43 Å². The lowest BCUT2D eigenvalue weighted by Gasteiger charge is -2.07. The van der Waals surface area contributed by atoms with Gasteiger partial charge in [0, 0.05) is 5.56 Å². The van der Waals surface area contributed by atoms with E-state index in [1.54, 1.807) is 18.2 Å². The second-order valence-electron chi connectivity index (χ2n) is 3.74. The summed E-state index contributed by atoms with van der Waals surface area (Å²) in [5.74, 6) is -2.04. The Morgan fingerprint density at radius 1 is 1.44 bits per heavy atom. The minimum atomic E-state index is -1.11. The number of nitrogens with two attached hydrogens (primary N) is 1. The van der Waals surface area contributed by atoms with Gasteiger partial charge in [-0.1, -0.05) is 18.6 Å². The molecule has 0 aliphatic carbocycles. The average molecular weight is 249 g/mol. The number of carbonyl (C=O) groups excluding carboxylic acids is 2. The number of benzene rings is 1. The SMILES string of the molecule is CC/C(=N\NC(=O)C(N)=O)c1cc(C)ccc1O. The third kappa shape index (κ3) is 3.31. The molecule has 0 bridgehead atoms. The molecule has 0 aliphatic heterocycles. The van der Waals surface area contributed by atoms with Crippen molar-refractivity contribution in [3.63, 3.8) is 0 Å². The topological polar surface area (TPSA) is 105 Å². The number of nitrogens with zero attached hydrogens (tertiary/aromatic N) is 1. The summed E-state index contributed by atoms with van der Waals surface area (Å²) in [7, 11) is 0. The van der Waals surface area contributed by atoms with E-state index < -0.39 is 11.8 Å². The standard InChI is InChI=1S/C12H15N3O3/c1-3-9(14-15-12(18)11(13)17)8-6-7(2)4-5-10(8)16/h4-6,16H,3H2,1-2H3,(H2,13,17)(H,15,18)/b14-9+. The maximum absolute atomic E-state index is 11.0. The van der Waals surface area contributed by atoms with Gasteiger partial charge in [0.2, 0.25) is 0 Å². The molecule has 6 heteroatoms. The van der Waals surface area contributed by atoms with Crippen LogP contribution in [0.15, 0.2) is 23.3 Å². The first-order chi connectivity index (χ1) is 8.45. The lowest BCUT2D eigenvalue weighted by atomic mass is 10.0. The second kappa shape index (κ2) is 5.81. The van der Waals surface area contributed by atoms with Crippen LogP contribution in [0.1, 0.15) is 24.5 Å². The van der Waals surface area contributed by atoms with Gasteiger partial charge in [0.1, 0.15) is 5.75 Å². The third-order valence-electron chi connectivity index (χ3n) is 2.31. The maximum Gasteiger partial charge on any atom is 0.329 e. The van der Waals surface area contributed by atoms with E-state index in [2.05, 4.69) is 5.10 Å². The van der Waals surface area contributed by atoms with Crippen LogP contribution in [0.5, 0.6) is 5.75 Å². The Morgan fingerprint density at radius 2 is 2.11 bits per heavy atom. The zero-order valence-corrected chi connectivity index (χ0v) is 10.2. The van der Waals surface area contributed by atoms with Crippen LogP contribution in [0.3, 0.4) is 0 Å². The van der Waals surface area contributed by atoms with Crippen LogP contribution in [0, 0.1) is 6.92 Å². The number of phenols is 1. The molecule has 0 fully saturated rings. The highest BCUT2D eigenvalue weighted by Crippen LogP contribution is 2.20. The van der Waals surface area contributed by atoms with Crippen molar-refractivity contribution in [3.8, 4) is 5.75 Å². The molecule has 2 amide bonds. The summed E-state index contributed by atoms with van der Waals surface area (Å²) in [5.41, 5.74) is 8.76. The second-order valence-corrected chi connectivity index (χ2v) is 3.74. The number of nitrogens with one attached hydrogen (secondary N) is 1. The molecule has 1 aromatic rings. The third-order valence-corrected chi connectivity index (χ3v) is 2.31. The Morgan fingerprint density at radius 3 is 2.67 bits per heavy atom. The molecule has 0 saturated carbocycles. The van der Waals surface area contributed by atoms with E-state index >= 15 is 0 Å². The van der Waals surface area contributed by atoms with Gasteiger partial charge in [0.05, 0.1) is 5.71 Å². The zero-order valence-electron chi connectivity index (χ0n) is 10.2. The molecule has 0 aliphatic rings. The lowest BCUT2D eigenvalue weighted by Crippen LogP contribution is -2.33. The number of carbonyl (C=O) groups is 2. The summed E-state index contributed by atoms with van der Waals surface area (Å²) in [6, 6.07) is 5.05. The molecule has 0 aromatic heterocycles. The summed E-state index contributed by atoms with van der Waals surface area (Å²) in [6.07, 6.45) is 0.482. The van der Waals surface area contributed by atoms with Crippen molar-refractivity contribution in [3.05, 3.63) is 29.3 Å². The highest BCUT2D eigenvalue weighted by molar-refractivity contribution is 6.34. The Kier molecular flexibility index (Phi) is 4.42. The van der Waals surface area contributed by atoms with Gasteiger partial charge < -0.3 is 10.8 Å². The predicted octanol–water partition coefficient (Wildman–Crippen LogP) is 0.416. The maximum atomic E-state index is 11.0. The molecule has 18 heavy (non-hydrogen) atoms. The van der Waals surface area contributed by atoms with E-state index in [0.29, 0.717) is 17.7 Å². The molecule has 0 spiro atoms. The smallest absolute Gasteiger partial charge is 0.329 e. The van der Waals surface area contributed by atoms with Crippen molar-refractivity contribution in [2.45, 2.75) is 20.3 Å². The summed E-state index contributed by atoms with van der Waals surface area (Å²) >= 11 is 0. The minimum Gasteiger partial charge on any atom is -0.507 e. The molecule has 96 valence electrons. The molecule has 0 heterocycles. The monoisotopic (exact) mass is 249 g/mol. The van der Waals surface area contributed by atoms with Gasteiger partial charge in [-0.15, -0.1) is 0 Å². The first-order valence-corrected chi connectivity index (χ1v) is 5.42. The van der Waals surface area contributed by atoms with Gasteiger partial charge in [-0.25, -0.2) is 5.43 Å². The summed E-state index contributed by atoms with van der Waals surface area (Å²) in [5, 5.41) is 13.5. The molecule has 4 N–H and O–H groups in total. The van der Waals surface area contributed by atoms with Crippen molar-refractivity contribution in [2.75, 3.05) is 0 Å². The molecule has 6 nitrogen and oxygen atoms in total. The molecule has 0 unspecified atom stereocenters. The number of aryl methyl sites for hydroxylation is 1. The molecule has 1 aromatic carbocycles. The van der Waals surface area contributed by atoms with Gasteiger partial charge >= 0.3 is 11.8 Å². The number of hydrogen-bond acceptors (Lipinski definition) is 4. The van der Waals surface area contributed by atoms with Gasteiger partial charge in [0.15, 0.2) is 0 Å². The molecule has 0 saturated heterocycles. The number of hydrazone groups is 1. The highest BCUT2D eigenvalue weighted by atomic mass is 16.3. The Hall–Kier alpha value is -2.37. The number of hydrogen-bond donors (Lipinski definition) is 3. The van der Waals surface area contributed by atoms with Crippen molar-refractivity contribution in [1.29, 1.82) is 0 Å². The van der Waals surface area contributed by atoms with Crippen LogP contribution in [0.4, 0.5) is 0 Å². The van der Waals surface area contributed by atoms with E-state index in [9.17, 15) is 14.7 Å². The number of phenolic OH excluding ortho intramolecular Hbond substituents is 1. The fourth-order valence-electron chi connectivity index (χ4n) is 1.38. The van der Waals surface area contributed by atoms with Crippen molar-refractivity contribution < 1.29 is 14.7 Å². The number of amides is 2. The molecule has 0 atom stereocenters. The normalized spacial score (nSPS) is 11.1. The predicted molar refractivity (Wildman–Crippen MR) is 67.0 cm³/mol. The van der Waals surface area contributed by atoms with E-state index in [4.69, 9.17) is 5.73 Å². The Labute approximate surface area is 104 Å². The highest BCUT2D eigenvalue weighted by Gasteiger charge is 2.10.